The molecule has 0 saturated carbocycles. The Morgan fingerprint density at radius 1 is 1.25 bits per heavy atom. The van der Waals surface area contributed by atoms with E-state index in [2.05, 4.69) is 23.9 Å². The first kappa shape index (κ1) is 20.8. The van der Waals surface area contributed by atoms with Gasteiger partial charge in [-0.2, -0.15) is 5.10 Å². The van der Waals surface area contributed by atoms with E-state index in [-0.39, 0.29) is 10.9 Å². The molecule has 8 heteroatoms. The van der Waals surface area contributed by atoms with Gasteiger partial charge < -0.3 is 5.32 Å². The number of nitrogens with one attached hydrogen (secondary N) is 2. The Morgan fingerprint density at radius 2 is 1.96 bits per heavy atom. The first-order chi connectivity index (χ1) is 13.0. The van der Waals surface area contributed by atoms with E-state index in [9.17, 15) is 12.8 Å². The summed E-state index contributed by atoms with van der Waals surface area (Å²) < 4.78 is 43.9. The van der Waals surface area contributed by atoms with Gasteiger partial charge in [-0.05, 0) is 77.6 Å². The molecule has 1 aromatic heterocycles. The molecule has 1 aliphatic rings. The summed E-state index contributed by atoms with van der Waals surface area (Å²) in [7, 11) is -3.96. The van der Waals surface area contributed by atoms with Crippen LogP contribution in [0.15, 0.2) is 23.1 Å². The number of benzene rings is 1. The van der Waals surface area contributed by atoms with Crippen molar-refractivity contribution in [2.75, 3.05) is 5.32 Å². The van der Waals surface area contributed by atoms with Gasteiger partial charge in [0.2, 0.25) is 10.0 Å². The van der Waals surface area contributed by atoms with Gasteiger partial charge in [0, 0.05) is 17.3 Å². The first-order valence-corrected chi connectivity index (χ1v) is 11.1. The average Bonchev–Trinajstić information content (AvgIpc) is 3.13. The van der Waals surface area contributed by atoms with Crippen LogP contribution < -0.4 is 10.0 Å². The van der Waals surface area contributed by atoms with Gasteiger partial charge in [0.15, 0.2) is 0 Å². The smallest absolute Gasteiger partial charge is 0.244 e. The van der Waals surface area contributed by atoms with Crippen LogP contribution in [0.5, 0.6) is 0 Å². The zero-order chi connectivity index (χ0) is 20.7. The molecule has 0 atom stereocenters. The molecule has 1 aliphatic carbocycles. The molecule has 0 bridgehead atoms. The van der Waals surface area contributed by atoms with E-state index in [1.54, 1.807) is 26.8 Å². The van der Waals surface area contributed by atoms with Gasteiger partial charge in [-0.1, -0.05) is 0 Å². The predicted molar refractivity (Wildman–Crippen MR) is 108 cm³/mol. The van der Waals surface area contributed by atoms with E-state index in [1.807, 2.05) is 4.68 Å². The molecule has 6 nitrogen and oxygen atoms in total. The maximum atomic E-state index is 14.2. The van der Waals surface area contributed by atoms with Crippen molar-refractivity contribution in [2.45, 2.75) is 76.9 Å². The highest BCUT2D eigenvalue weighted by molar-refractivity contribution is 7.89. The highest BCUT2D eigenvalue weighted by Gasteiger charge is 2.26. The Kier molecular flexibility index (Phi) is 5.55. The van der Waals surface area contributed by atoms with Gasteiger partial charge >= 0.3 is 0 Å². The minimum absolute atomic E-state index is 0.238. The zero-order valence-electron chi connectivity index (χ0n) is 17.1. The number of nitrogens with zero attached hydrogens (tertiary/aromatic N) is 2. The fourth-order valence-electron chi connectivity index (χ4n) is 3.56. The molecule has 28 heavy (non-hydrogen) atoms. The van der Waals surface area contributed by atoms with Gasteiger partial charge in [0.05, 0.1) is 17.9 Å². The summed E-state index contributed by atoms with van der Waals surface area (Å²) in [5.41, 5.74) is 3.41. The van der Waals surface area contributed by atoms with Crippen molar-refractivity contribution in [3.8, 4) is 0 Å². The molecule has 2 aromatic rings. The van der Waals surface area contributed by atoms with E-state index in [0.29, 0.717) is 12.2 Å². The monoisotopic (exact) mass is 408 g/mol. The molecule has 0 spiro atoms. The number of halogens is 1. The van der Waals surface area contributed by atoms with Crippen LogP contribution >= 0.6 is 0 Å². The van der Waals surface area contributed by atoms with Crippen LogP contribution in [0.3, 0.4) is 0 Å². The van der Waals surface area contributed by atoms with E-state index < -0.39 is 21.4 Å². The lowest BCUT2D eigenvalue weighted by Gasteiger charge is -2.21. The van der Waals surface area contributed by atoms with E-state index in [0.717, 1.165) is 30.7 Å². The number of sulfonamides is 1. The number of hydrogen-bond donors (Lipinski definition) is 2. The molecule has 0 fully saturated rings. The molecular weight excluding hydrogens is 379 g/mol. The number of anilines is 1. The second-order valence-corrected chi connectivity index (χ2v) is 10.3. The summed E-state index contributed by atoms with van der Waals surface area (Å²) in [5.74, 6) is -0.768. The highest BCUT2D eigenvalue weighted by Crippen LogP contribution is 2.28. The van der Waals surface area contributed by atoms with Crippen molar-refractivity contribution < 1.29 is 12.8 Å². The van der Waals surface area contributed by atoms with Crippen LogP contribution in [-0.4, -0.2) is 23.7 Å². The number of aromatic nitrogens is 2. The van der Waals surface area contributed by atoms with Crippen LogP contribution in [0.4, 0.5) is 10.1 Å². The molecule has 3 rings (SSSR count). The zero-order valence-corrected chi connectivity index (χ0v) is 18.0. The third kappa shape index (κ3) is 4.38. The summed E-state index contributed by atoms with van der Waals surface area (Å²) in [6.07, 6.45) is 3.12. The van der Waals surface area contributed by atoms with E-state index >= 15 is 0 Å². The van der Waals surface area contributed by atoms with Gasteiger partial charge in [0.25, 0.3) is 0 Å². The van der Waals surface area contributed by atoms with Crippen LogP contribution in [-0.2, 0) is 29.4 Å². The summed E-state index contributed by atoms with van der Waals surface area (Å²) in [6.45, 7) is 9.85. The van der Waals surface area contributed by atoms with Crippen LogP contribution in [0.2, 0.25) is 0 Å². The van der Waals surface area contributed by atoms with Crippen LogP contribution in [0.1, 0.15) is 64.0 Å². The predicted octanol–water partition coefficient (Wildman–Crippen LogP) is 3.78. The third-order valence-electron chi connectivity index (χ3n) is 4.65. The van der Waals surface area contributed by atoms with Crippen molar-refractivity contribution in [3.05, 3.63) is 41.0 Å². The fraction of sp³-hybridized carbons (Fsp3) is 0.550. The Bertz CT molecular complexity index is 975. The minimum Gasteiger partial charge on any atom is -0.379 e. The Labute approximate surface area is 166 Å². The molecule has 0 saturated heterocycles. The number of fused-ring (bicyclic) bond motifs is 1. The molecule has 0 radical (unpaired) electrons. The molecule has 2 N–H and O–H groups in total. The van der Waals surface area contributed by atoms with E-state index in [4.69, 9.17) is 5.10 Å². The Balaban J connectivity index is 1.86. The Morgan fingerprint density at radius 3 is 2.61 bits per heavy atom. The molecule has 1 aromatic carbocycles. The topological polar surface area (TPSA) is 76.0 Å². The third-order valence-corrected chi connectivity index (χ3v) is 6.43. The van der Waals surface area contributed by atoms with Gasteiger partial charge in [-0.25, -0.2) is 17.5 Å². The lowest BCUT2D eigenvalue weighted by molar-refractivity contribution is 0.486. The second-order valence-electron chi connectivity index (χ2n) is 8.62. The first-order valence-electron chi connectivity index (χ1n) is 9.64. The van der Waals surface area contributed by atoms with Gasteiger partial charge in [-0.15, -0.1) is 0 Å². The minimum atomic E-state index is -3.96. The molecule has 0 aliphatic heterocycles. The maximum absolute atomic E-state index is 14.2. The molecule has 154 valence electrons. The SMILES string of the molecule is CC(C)n1nc2c(c1CNc1ccc(F)c(S(=O)(=O)NC(C)(C)C)c1)CCC2. The lowest BCUT2D eigenvalue weighted by atomic mass is 10.1. The maximum Gasteiger partial charge on any atom is 0.244 e. The van der Waals surface area contributed by atoms with Gasteiger partial charge in [0.1, 0.15) is 10.7 Å². The van der Waals surface area contributed by atoms with Gasteiger partial charge in [-0.3, -0.25) is 4.68 Å². The fourth-order valence-corrected chi connectivity index (χ4v) is 5.08. The van der Waals surface area contributed by atoms with Crippen LogP contribution in [0.25, 0.3) is 0 Å². The molecular formula is C20H29FN4O2S. The van der Waals surface area contributed by atoms with Crippen molar-refractivity contribution in [1.29, 1.82) is 0 Å². The highest BCUT2D eigenvalue weighted by atomic mass is 32.2. The number of aryl methyl sites for hydroxylation is 1. The number of hydrogen-bond acceptors (Lipinski definition) is 4. The standard InChI is InChI=1S/C20H29FN4O2S/c1-13(2)25-18(15-7-6-8-17(15)23-25)12-22-14-9-10-16(21)19(11-14)28(26,27)24-20(3,4)5/h9-11,13,22,24H,6-8,12H2,1-5H3. The average molecular weight is 409 g/mol. The van der Waals surface area contributed by atoms with Crippen molar-refractivity contribution in [2.24, 2.45) is 0 Å². The Hall–Kier alpha value is -1.93. The molecule has 0 amide bonds. The normalized spacial score (nSPS) is 14.5. The molecule has 0 unspecified atom stereocenters. The van der Waals surface area contributed by atoms with E-state index in [1.165, 1.54) is 17.7 Å². The summed E-state index contributed by atoms with van der Waals surface area (Å²) >= 11 is 0. The lowest BCUT2D eigenvalue weighted by Crippen LogP contribution is -2.40. The number of rotatable bonds is 6. The van der Waals surface area contributed by atoms with Crippen molar-refractivity contribution in [3.63, 3.8) is 0 Å². The molecule has 1 heterocycles. The van der Waals surface area contributed by atoms with Crippen molar-refractivity contribution >= 4 is 15.7 Å². The second kappa shape index (κ2) is 7.48. The quantitative estimate of drug-likeness (QED) is 0.763. The van der Waals surface area contributed by atoms with Crippen molar-refractivity contribution in [1.82, 2.24) is 14.5 Å². The largest absolute Gasteiger partial charge is 0.379 e. The summed E-state index contributed by atoms with van der Waals surface area (Å²) in [5, 5.41) is 7.98. The van der Waals surface area contributed by atoms with Crippen LogP contribution in [0, 0.1) is 5.82 Å². The summed E-state index contributed by atoms with van der Waals surface area (Å²) in [6, 6.07) is 4.33. The summed E-state index contributed by atoms with van der Waals surface area (Å²) in [4.78, 5) is -0.352.